The van der Waals surface area contributed by atoms with Crippen LogP contribution < -0.4 is 0 Å². The largest absolute Gasteiger partial charge is 0.360 e. The Bertz CT molecular complexity index is 1380. The average Bonchev–Trinajstić information content (AvgIpc) is 3.32. The highest BCUT2D eigenvalue weighted by Gasteiger charge is 2.33. The van der Waals surface area contributed by atoms with Gasteiger partial charge in [-0.05, 0) is 30.5 Å². The second-order valence-corrected chi connectivity index (χ2v) is 17.9. The number of hydrazone groups is 1. The van der Waals surface area contributed by atoms with Gasteiger partial charge in [0.25, 0.3) is 0 Å². The van der Waals surface area contributed by atoms with Crippen LogP contribution in [-0.2, 0) is 31.0 Å². The summed E-state index contributed by atoms with van der Waals surface area (Å²) in [6.07, 6.45) is 7.29. The van der Waals surface area contributed by atoms with Crippen molar-refractivity contribution in [1.29, 1.82) is 0 Å². The number of ether oxygens (including phenoxy) is 1. The van der Waals surface area contributed by atoms with Gasteiger partial charge in [0, 0.05) is 38.9 Å². The van der Waals surface area contributed by atoms with E-state index in [1.807, 2.05) is 10.9 Å². The number of nitrogens with zero attached hydrogens (tertiary/aromatic N) is 6. The van der Waals surface area contributed by atoms with Crippen LogP contribution in [0.2, 0.25) is 25.7 Å². The minimum atomic E-state index is -1.07. The first kappa shape index (κ1) is 23.6. The summed E-state index contributed by atoms with van der Waals surface area (Å²) < 4.78 is 11.5. The first-order valence-corrected chi connectivity index (χ1v) is 17.4. The lowest BCUT2D eigenvalue weighted by molar-refractivity contribution is 0.0783. The van der Waals surface area contributed by atoms with Crippen LogP contribution in [0, 0.1) is 0 Å². The molecule has 188 valence electrons. The lowest BCUT2D eigenvalue weighted by atomic mass is 10.2. The van der Waals surface area contributed by atoms with Crippen LogP contribution >= 0.6 is 11.3 Å². The van der Waals surface area contributed by atoms with E-state index in [1.165, 1.54) is 40.4 Å². The van der Waals surface area contributed by atoms with Crippen molar-refractivity contribution >= 4 is 36.0 Å². The van der Waals surface area contributed by atoms with Crippen molar-refractivity contribution in [3.8, 4) is 0 Å². The van der Waals surface area contributed by atoms with Crippen molar-refractivity contribution in [1.82, 2.24) is 24.3 Å². The van der Waals surface area contributed by atoms with Crippen LogP contribution in [-0.4, -0.2) is 45.2 Å². The number of thiazole rings is 1. The summed E-state index contributed by atoms with van der Waals surface area (Å²) in [7, 11) is -1.07. The second-order valence-electron chi connectivity index (χ2n) is 11.1. The summed E-state index contributed by atoms with van der Waals surface area (Å²) in [6, 6.07) is 14.4. The zero-order chi connectivity index (χ0) is 24.7. The Morgan fingerprint density at radius 3 is 2.72 bits per heavy atom. The van der Waals surface area contributed by atoms with Gasteiger partial charge in [-0.3, -0.25) is 5.01 Å². The van der Waals surface area contributed by atoms with E-state index in [9.17, 15) is 0 Å². The number of aromatic nitrogens is 4. The summed E-state index contributed by atoms with van der Waals surface area (Å²) in [6.45, 7) is 10.1. The van der Waals surface area contributed by atoms with Crippen LogP contribution in [0.5, 0.6) is 0 Å². The van der Waals surface area contributed by atoms with Crippen LogP contribution in [0.15, 0.2) is 47.7 Å². The molecule has 3 aromatic heterocycles. The molecule has 0 spiro atoms. The van der Waals surface area contributed by atoms with Crippen molar-refractivity contribution in [2.24, 2.45) is 5.10 Å². The molecule has 0 N–H and O–H groups in total. The molecule has 1 fully saturated rings. The number of benzene rings is 1. The van der Waals surface area contributed by atoms with Crippen LogP contribution in [0.1, 0.15) is 46.4 Å². The number of hydrogen-bond donors (Lipinski definition) is 0. The SMILES string of the molecule is C[Si](C)(C)CCOCn1ccc(Cc2nc3c(s2)c2c(n3C3CC3)CN(Cc3ccccc3)N=C2)n1. The molecule has 1 aliphatic carbocycles. The average molecular weight is 519 g/mol. The van der Waals surface area contributed by atoms with E-state index in [-0.39, 0.29) is 0 Å². The molecule has 1 aromatic carbocycles. The molecule has 1 saturated carbocycles. The minimum Gasteiger partial charge on any atom is -0.360 e. The van der Waals surface area contributed by atoms with Crippen molar-refractivity contribution in [2.45, 2.75) is 70.8 Å². The lowest BCUT2D eigenvalue weighted by Gasteiger charge is -2.24. The highest BCUT2D eigenvalue weighted by atomic mass is 32.1. The highest BCUT2D eigenvalue weighted by molar-refractivity contribution is 7.19. The summed E-state index contributed by atoms with van der Waals surface area (Å²) in [5, 5.41) is 12.8. The Balaban J connectivity index is 1.17. The Morgan fingerprint density at radius 2 is 1.94 bits per heavy atom. The van der Waals surface area contributed by atoms with Crippen LogP contribution in [0.3, 0.4) is 0 Å². The van der Waals surface area contributed by atoms with E-state index in [0.29, 0.717) is 12.8 Å². The summed E-state index contributed by atoms with van der Waals surface area (Å²) >= 11 is 1.79. The lowest BCUT2D eigenvalue weighted by Crippen LogP contribution is -2.23. The number of hydrogen-bond acceptors (Lipinski definition) is 6. The van der Waals surface area contributed by atoms with E-state index in [1.54, 1.807) is 11.3 Å². The summed E-state index contributed by atoms with van der Waals surface area (Å²) in [4.78, 5) is 5.12. The molecular weight excluding hydrogens is 484 g/mol. The molecule has 7 nitrogen and oxygen atoms in total. The van der Waals surface area contributed by atoms with Gasteiger partial charge in [0.2, 0.25) is 0 Å². The number of fused-ring (bicyclic) bond motifs is 3. The van der Waals surface area contributed by atoms with Crippen molar-refractivity contribution in [3.63, 3.8) is 0 Å². The molecule has 0 atom stereocenters. The molecule has 0 saturated heterocycles. The van der Waals surface area contributed by atoms with Crippen molar-refractivity contribution in [2.75, 3.05) is 6.61 Å². The van der Waals surface area contributed by atoms with Gasteiger partial charge < -0.3 is 9.30 Å². The normalized spacial score (nSPS) is 15.7. The van der Waals surface area contributed by atoms with E-state index in [2.05, 4.69) is 71.8 Å². The van der Waals surface area contributed by atoms with Gasteiger partial charge in [0.05, 0.1) is 35.4 Å². The molecule has 0 unspecified atom stereocenters. The van der Waals surface area contributed by atoms with Gasteiger partial charge in [0.15, 0.2) is 5.65 Å². The molecule has 1 aliphatic heterocycles. The summed E-state index contributed by atoms with van der Waals surface area (Å²) in [5.41, 5.74) is 6.07. The quantitative estimate of drug-likeness (QED) is 0.194. The standard InChI is InChI=1S/C27H34N6OSSi/c1-36(2,3)14-13-34-19-31-12-11-21(30-31)15-25-29-27-26(35-25)23-16-28-32(17-20-7-5-4-6-8-20)18-24(23)33(27)22-9-10-22/h4-8,11-12,16,22H,9-10,13-15,17-19H2,1-3H3. The van der Waals surface area contributed by atoms with Crippen molar-refractivity contribution in [3.05, 3.63) is 70.1 Å². The monoisotopic (exact) mass is 518 g/mol. The minimum absolute atomic E-state index is 0.514. The predicted octanol–water partition coefficient (Wildman–Crippen LogP) is 5.88. The third-order valence-electron chi connectivity index (χ3n) is 6.78. The Hall–Kier alpha value is -2.75. The van der Waals surface area contributed by atoms with Gasteiger partial charge in [-0.2, -0.15) is 10.2 Å². The molecule has 36 heavy (non-hydrogen) atoms. The molecule has 4 heterocycles. The van der Waals surface area contributed by atoms with Gasteiger partial charge in [-0.15, -0.1) is 11.3 Å². The van der Waals surface area contributed by atoms with Gasteiger partial charge in [0.1, 0.15) is 11.7 Å². The van der Waals surface area contributed by atoms with E-state index in [0.717, 1.165) is 42.5 Å². The van der Waals surface area contributed by atoms with Crippen LogP contribution in [0.25, 0.3) is 10.3 Å². The maximum absolute atomic E-state index is 5.85. The molecule has 9 heteroatoms. The maximum Gasteiger partial charge on any atom is 0.152 e. The molecule has 0 amide bonds. The molecule has 2 aliphatic rings. The maximum atomic E-state index is 5.85. The third kappa shape index (κ3) is 5.19. The summed E-state index contributed by atoms with van der Waals surface area (Å²) in [5.74, 6) is 0. The van der Waals surface area contributed by atoms with E-state index >= 15 is 0 Å². The molecule has 0 bridgehead atoms. The fourth-order valence-electron chi connectivity index (χ4n) is 4.68. The number of rotatable bonds is 10. The first-order chi connectivity index (χ1) is 17.4. The van der Waals surface area contributed by atoms with Gasteiger partial charge in [-0.1, -0.05) is 50.0 Å². The topological polar surface area (TPSA) is 60.5 Å². The molecule has 0 radical (unpaired) electrons. The fraction of sp³-hybridized carbons (Fsp3) is 0.444. The molecule has 4 aromatic rings. The second kappa shape index (κ2) is 9.61. The van der Waals surface area contributed by atoms with E-state index < -0.39 is 8.07 Å². The Kier molecular flexibility index (Phi) is 6.31. The fourth-order valence-corrected chi connectivity index (χ4v) is 6.54. The predicted molar refractivity (Wildman–Crippen MR) is 148 cm³/mol. The third-order valence-corrected chi connectivity index (χ3v) is 9.56. The smallest absolute Gasteiger partial charge is 0.152 e. The van der Waals surface area contributed by atoms with Crippen molar-refractivity contribution < 1.29 is 4.74 Å². The van der Waals surface area contributed by atoms with Crippen LogP contribution in [0.4, 0.5) is 0 Å². The Labute approximate surface area is 217 Å². The first-order valence-electron chi connectivity index (χ1n) is 12.9. The molecule has 6 rings (SSSR count). The van der Waals surface area contributed by atoms with Gasteiger partial charge in [-0.25, -0.2) is 9.67 Å². The van der Waals surface area contributed by atoms with Gasteiger partial charge >= 0.3 is 0 Å². The Morgan fingerprint density at radius 1 is 1.11 bits per heavy atom. The zero-order valence-corrected chi connectivity index (χ0v) is 23.2. The highest BCUT2D eigenvalue weighted by Crippen LogP contribution is 2.43. The molecular formula is C27H34N6OSSi. The van der Waals surface area contributed by atoms with E-state index in [4.69, 9.17) is 19.9 Å². The zero-order valence-electron chi connectivity index (χ0n) is 21.4.